The Morgan fingerprint density at radius 2 is 1.97 bits per heavy atom. The van der Waals surface area contributed by atoms with E-state index in [4.69, 9.17) is 4.52 Å². The van der Waals surface area contributed by atoms with Crippen LogP contribution in [0.1, 0.15) is 24.7 Å². The standard InChI is InChI=1S/C21H22FN3O3S/c22-18-8-4-6-16(14-18)20-23-21(28-24-20)17-7-5-11-25(15-17)12-13-29(26,27)19-9-2-1-3-10-19/h1-4,6,8-10,14,17H,5,7,11-13,15H2. The van der Waals surface area contributed by atoms with Crippen molar-refractivity contribution in [2.75, 3.05) is 25.4 Å². The van der Waals surface area contributed by atoms with Gasteiger partial charge in [-0.05, 0) is 43.7 Å². The molecule has 0 bridgehead atoms. The zero-order valence-electron chi connectivity index (χ0n) is 15.9. The van der Waals surface area contributed by atoms with Crippen molar-refractivity contribution in [2.45, 2.75) is 23.7 Å². The highest BCUT2D eigenvalue weighted by atomic mass is 32.2. The summed E-state index contributed by atoms with van der Waals surface area (Å²) in [4.78, 5) is 6.92. The number of aromatic nitrogens is 2. The van der Waals surface area contributed by atoms with Crippen molar-refractivity contribution in [1.82, 2.24) is 15.0 Å². The van der Waals surface area contributed by atoms with Crippen molar-refractivity contribution >= 4 is 9.84 Å². The zero-order chi connectivity index (χ0) is 20.3. The number of sulfone groups is 1. The first kappa shape index (κ1) is 19.7. The third-order valence-electron chi connectivity index (χ3n) is 5.16. The lowest BCUT2D eigenvalue weighted by molar-refractivity contribution is 0.195. The summed E-state index contributed by atoms with van der Waals surface area (Å²) < 4.78 is 43.9. The number of nitrogens with zero attached hydrogens (tertiary/aromatic N) is 3. The molecule has 8 heteroatoms. The average Bonchev–Trinajstić information content (AvgIpc) is 3.24. The first-order chi connectivity index (χ1) is 14.0. The van der Waals surface area contributed by atoms with Gasteiger partial charge in [0.15, 0.2) is 9.84 Å². The van der Waals surface area contributed by atoms with Crippen molar-refractivity contribution in [2.24, 2.45) is 0 Å². The number of hydrogen-bond acceptors (Lipinski definition) is 6. The Balaban J connectivity index is 1.40. The summed E-state index contributed by atoms with van der Waals surface area (Å²) in [5.74, 6) is 0.640. The molecule has 0 saturated carbocycles. The van der Waals surface area contributed by atoms with Gasteiger partial charge in [-0.3, -0.25) is 0 Å². The van der Waals surface area contributed by atoms with E-state index in [-0.39, 0.29) is 17.5 Å². The highest BCUT2D eigenvalue weighted by molar-refractivity contribution is 7.91. The molecule has 4 rings (SSSR count). The van der Waals surface area contributed by atoms with E-state index >= 15 is 0 Å². The van der Waals surface area contributed by atoms with Crippen LogP contribution in [-0.2, 0) is 9.84 Å². The summed E-state index contributed by atoms with van der Waals surface area (Å²) in [6.45, 7) is 1.96. The predicted octanol–water partition coefficient (Wildman–Crippen LogP) is 3.53. The minimum atomic E-state index is -3.31. The van der Waals surface area contributed by atoms with Gasteiger partial charge in [-0.25, -0.2) is 12.8 Å². The second-order valence-corrected chi connectivity index (χ2v) is 9.35. The third kappa shape index (κ3) is 4.71. The number of piperidine rings is 1. The van der Waals surface area contributed by atoms with Crippen LogP contribution >= 0.6 is 0 Å². The van der Waals surface area contributed by atoms with Gasteiger partial charge in [0.2, 0.25) is 11.7 Å². The topological polar surface area (TPSA) is 76.3 Å². The summed E-state index contributed by atoms with van der Waals surface area (Å²) in [7, 11) is -3.31. The highest BCUT2D eigenvalue weighted by Gasteiger charge is 2.27. The molecule has 0 N–H and O–H groups in total. The Morgan fingerprint density at radius 1 is 1.14 bits per heavy atom. The molecule has 0 radical (unpaired) electrons. The van der Waals surface area contributed by atoms with Crippen molar-refractivity contribution in [3.8, 4) is 11.4 Å². The molecule has 1 aliphatic rings. The van der Waals surface area contributed by atoms with Gasteiger partial charge in [0.25, 0.3) is 0 Å². The van der Waals surface area contributed by atoms with Gasteiger partial charge in [0, 0.05) is 18.7 Å². The lowest BCUT2D eigenvalue weighted by atomic mass is 9.98. The van der Waals surface area contributed by atoms with Crippen molar-refractivity contribution in [1.29, 1.82) is 0 Å². The summed E-state index contributed by atoms with van der Waals surface area (Å²) in [6, 6.07) is 14.6. The Morgan fingerprint density at radius 3 is 2.76 bits per heavy atom. The van der Waals surface area contributed by atoms with E-state index in [9.17, 15) is 12.8 Å². The molecule has 0 aliphatic carbocycles. The Bertz CT molecular complexity index is 1070. The highest BCUT2D eigenvalue weighted by Crippen LogP contribution is 2.28. The van der Waals surface area contributed by atoms with Crippen molar-refractivity contribution in [3.05, 3.63) is 66.3 Å². The lowest BCUT2D eigenvalue weighted by Gasteiger charge is -2.30. The number of hydrogen-bond donors (Lipinski definition) is 0. The summed E-state index contributed by atoms with van der Waals surface area (Å²) in [6.07, 6.45) is 1.82. The fourth-order valence-corrected chi connectivity index (χ4v) is 4.91. The van der Waals surface area contributed by atoms with E-state index in [0.717, 1.165) is 19.4 Å². The van der Waals surface area contributed by atoms with Gasteiger partial charge >= 0.3 is 0 Å². The molecular weight excluding hydrogens is 393 g/mol. The molecule has 2 aromatic carbocycles. The molecule has 1 atom stereocenters. The Labute approximate surface area is 169 Å². The van der Waals surface area contributed by atoms with Crippen molar-refractivity contribution in [3.63, 3.8) is 0 Å². The maximum atomic E-state index is 13.4. The predicted molar refractivity (Wildman–Crippen MR) is 107 cm³/mol. The van der Waals surface area contributed by atoms with Crippen LogP contribution in [0.3, 0.4) is 0 Å². The van der Waals surface area contributed by atoms with Gasteiger partial charge in [-0.1, -0.05) is 35.5 Å². The van der Waals surface area contributed by atoms with E-state index in [0.29, 0.717) is 35.3 Å². The molecule has 6 nitrogen and oxygen atoms in total. The van der Waals surface area contributed by atoms with Crippen LogP contribution in [-0.4, -0.2) is 48.8 Å². The first-order valence-electron chi connectivity index (χ1n) is 9.61. The molecule has 0 amide bonds. The number of rotatable bonds is 6. The minimum Gasteiger partial charge on any atom is -0.339 e. The molecule has 3 aromatic rings. The monoisotopic (exact) mass is 415 g/mol. The molecule has 2 heterocycles. The van der Waals surface area contributed by atoms with Crippen molar-refractivity contribution < 1.29 is 17.3 Å². The average molecular weight is 415 g/mol. The Hall–Kier alpha value is -2.58. The maximum absolute atomic E-state index is 13.4. The van der Waals surface area contributed by atoms with E-state index in [1.807, 2.05) is 0 Å². The van der Waals surface area contributed by atoms with Gasteiger partial charge < -0.3 is 9.42 Å². The molecule has 0 spiro atoms. The molecule has 1 aromatic heterocycles. The van der Waals surface area contributed by atoms with Crippen LogP contribution in [0.5, 0.6) is 0 Å². The second-order valence-electron chi connectivity index (χ2n) is 7.24. The summed E-state index contributed by atoms with van der Waals surface area (Å²) in [5, 5.41) is 3.99. The van der Waals surface area contributed by atoms with Gasteiger partial charge in [-0.2, -0.15) is 4.98 Å². The smallest absolute Gasteiger partial charge is 0.231 e. The molecule has 1 unspecified atom stereocenters. The third-order valence-corrected chi connectivity index (χ3v) is 6.87. The molecule has 1 fully saturated rings. The van der Waals surface area contributed by atoms with E-state index in [1.165, 1.54) is 12.1 Å². The molecule has 29 heavy (non-hydrogen) atoms. The summed E-state index contributed by atoms with van der Waals surface area (Å²) >= 11 is 0. The lowest BCUT2D eigenvalue weighted by Crippen LogP contribution is -2.37. The number of likely N-dealkylation sites (tertiary alicyclic amines) is 1. The molecule has 1 aliphatic heterocycles. The number of benzene rings is 2. The fraction of sp³-hybridized carbons (Fsp3) is 0.333. The van der Waals surface area contributed by atoms with Gasteiger partial charge in [-0.15, -0.1) is 0 Å². The van der Waals surface area contributed by atoms with Crippen LogP contribution in [0.4, 0.5) is 4.39 Å². The second kappa shape index (κ2) is 8.42. The van der Waals surface area contributed by atoms with Gasteiger partial charge in [0.1, 0.15) is 5.82 Å². The SMILES string of the molecule is O=S(=O)(CCN1CCCC(c2nc(-c3cccc(F)c3)no2)C1)c1ccccc1. The maximum Gasteiger partial charge on any atom is 0.231 e. The van der Waals surface area contributed by atoms with Crippen LogP contribution in [0, 0.1) is 5.82 Å². The Kier molecular flexibility index (Phi) is 5.73. The summed E-state index contributed by atoms with van der Waals surface area (Å²) in [5.41, 5.74) is 0.571. The normalized spacial score (nSPS) is 18.0. The van der Waals surface area contributed by atoms with Crippen LogP contribution in [0.2, 0.25) is 0 Å². The van der Waals surface area contributed by atoms with Crippen LogP contribution in [0.25, 0.3) is 11.4 Å². The molecule has 152 valence electrons. The molecular formula is C21H22FN3O3S. The van der Waals surface area contributed by atoms with Gasteiger partial charge in [0.05, 0.1) is 16.6 Å². The van der Waals surface area contributed by atoms with Crippen LogP contribution in [0.15, 0.2) is 64.0 Å². The minimum absolute atomic E-state index is 0.0398. The first-order valence-corrected chi connectivity index (χ1v) is 11.3. The zero-order valence-corrected chi connectivity index (χ0v) is 16.7. The fourth-order valence-electron chi connectivity index (χ4n) is 3.60. The largest absolute Gasteiger partial charge is 0.339 e. The quantitative estimate of drug-likeness (QED) is 0.613. The van der Waals surface area contributed by atoms with Crippen LogP contribution < -0.4 is 0 Å². The van der Waals surface area contributed by atoms with E-state index in [2.05, 4.69) is 15.0 Å². The van der Waals surface area contributed by atoms with E-state index < -0.39 is 9.84 Å². The number of halogens is 1. The molecule has 1 saturated heterocycles. The van der Waals surface area contributed by atoms with E-state index in [1.54, 1.807) is 42.5 Å².